The zero-order valence-corrected chi connectivity index (χ0v) is 17.2. The van der Waals surface area contributed by atoms with E-state index in [1.807, 2.05) is 0 Å². The number of aryl methyl sites for hydroxylation is 1. The number of nitrogens with zero attached hydrogens (tertiary/aromatic N) is 1. The number of benzene rings is 2. The van der Waals surface area contributed by atoms with Crippen LogP contribution in [0.1, 0.15) is 27.2 Å². The molecule has 0 aliphatic heterocycles. The molecule has 0 bridgehead atoms. The monoisotopic (exact) mass is 453 g/mol. The zero-order chi connectivity index (χ0) is 21.9. The topological polar surface area (TPSA) is 54.0 Å². The summed E-state index contributed by atoms with van der Waals surface area (Å²) in [6, 6.07) is 13.7. The van der Waals surface area contributed by atoms with E-state index in [4.69, 9.17) is 23.2 Å². The van der Waals surface area contributed by atoms with Crippen molar-refractivity contribution in [2.24, 2.45) is 0 Å². The highest BCUT2D eigenvalue weighted by molar-refractivity contribution is 6.31. The van der Waals surface area contributed by atoms with Crippen LogP contribution in [0.15, 0.2) is 54.6 Å². The normalized spacial score (nSPS) is 11.3. The number of alkyl halides is 3. The highest BCUT2D eigenvalue weighted by Crippen LogP contribution is 2.31. The Labute approximate surface area is 181 Å². The highest BCUT2D eigenvalue weighted by Gasteiger charge is 2.33. The fourth-order valence-electron chi connectivity index (χ4n) is 2.66. The van der Waals surface area contributed by atoms with Gasteiger partial charge in [-0.05, 0) is 48.4 Å². The van der Waals surface area contributed by atoms with Crippen molar-refractivity contribution in [3.63, 3.8) is 0 Å². The maximum Gasteiger partial charge on any atom is 0.433 e. The lowest BCUT2D eigenvalue weighted by Gasteiger charge is -2.16. The van der Waals surface area contributed by atoms with Gasteiger partial charge in [0.05, 0.1) is 5.56 Å². The summed E-state index contributed by atoms with van der Waals surface area (Å²) >= 11 is 12.1. The molecule has 2 aromatic carbocycles. The Morgan fingerprint density at radius 2 is 1.80 bits per heavy atom. The van der Waals surface area contributed by atoms with Crippen LogP contribution in [-0.2, 0) is 12.7 Å². The average Bonchev–Trinajstić information content (AvgIpc) is 2.69. The van der Waals surface area contributed by atoms with Crippen LogP contribution in [0.25, 0.3) is 0 Å². The van der Waals surface area contributed by atoms with Crippen LogP contribution < -0.4 is 10.6 Å². The van der Waals surface area contributed by atoms with Crippen LogP contribution in [-0.4, -0.2) is 10.9 Å². The Morgan fingerprint density at radius 1 is 1.07 bits per heavy atom. The third-order valence-electron chi connectivity index (χ3n) is 4.28. The Morgan fingerprint density at radius 3 is 2.50 bits per heavy atom. The van der Waals surface area contributed by atoms with Crippen LogP contribution in [0.2, 0.25) is 10.0 Å². The maximum absolute atomic E-state index is 13.2. The van der Waals surface area contributed by atoms with Gasteiger partial charge >= 0.3 is 6.18 Å². The standard InChI is InChI=1S/C21H16Cl2F3N3O/c1-12-6-7-14(22)10-17(12)28-19-15(8-9-18(29-19)21(24,25)26)20(30)27-11-13-4-2-3-5-16(13)23/h2-10H,11H2,1H3,(H,27,30)(H,28,29). The summed E-state index contributed by atoms with van der Waals surface area (Å²) in [5.41, 5.74) is 0.671. The van der Waals surface area contributed by atoms with Crippen molar-refractivity contribution in [2.45, 2.75) is 19.6 Å². The number of aromatic nitrogens is 1. The molecule has 156 valence electrons. The fraction of sp³-hybridized carbons (Fsp3) is 0.143. The molecule has 1 amide bonds. The summed E-state index contributed by atoms with van der Waals surface area (Å²) in [6.07, 6.45) is -4.66. The second-order valence-corrected chi connectivity index (χ2v) is 7.29. The molecule has 9 heteroatoms. The first-order valence-electron chi connectivity index (χ1n) is 8.78. The number of hydrogen-bond acceptors (Lipinski definition) is 3. The summed E-state index contributed by atoms with van der Waals surface area (Å²) in [4.78, 5) is 16.3. The number of amides is 1. The number of anilines is 2. The van der Waals surface area contributed by atoms with Gasteiger partial charge in [-0.25, -0.2) is 4.98 Å². The summed E-state index contributed by atoms with van der Waals surface area (Å²) in [6.45, 7) is 1.86. The first-order chi connectivity index (χ1) is 14.1. The Bertz CT molecular complexity index is 1090. The lowest BCUT2D eigenvalue weighted by atomic mass is 10.1. The molecule has 2 N–H and O–H groups in total. The first-order valence-corrected chi connectivity index (χ1v) is 9.54. The van der Waals surface area contributed by atoms with Crippen molar-refractivity contribution in [1.82, 2.24) is 10.3 Å². The van der Waals surface area contributed by atoms with Crippen LogP contribution in [0.5, 0.6) is 0 Å². The molecule has 3 rings (SSSR count). The van der Waals surface area contributed by atoms with Crippen molar-refractivity contribution in [2.75, 3.05) is 5.32 Å². The van der Waals surface area contributed by atoms with E-state index >= 15 is 0 Å². The van der Waals surface area contributed by atoms with Gasteiger partial charge in [0.2, 0.25) is 0 Å². The van der Waals surface area contributed by atoms with E-state index in [9.17, 15) is 18.0 Å². The lowest BCUT2D eigenvalue weighted by molar-refractivity contribution is -0.141. The molecule has 4 nitrogen and oxygen atoms in total. The quantitative estimate of drug-likeness (QED) is 0.470. The van der Waals surface area contributed by atoms with Crippen LogP contribution in [0.3, 0.4) is 0 Å². The molecule has 3 aromatic rings. The smallest absolute Gasteiger partial charge is 0.348 e. The number of carbonyl (C=O) groups is 1. The minimum atomic E-state index is -4.66. The average molecular weight is 454 g/mol. The number of nitrogens with one attached hydrogen (secondary N) is 2. The van der Waals surface area contributed by atoms with Gasteiger partial charge in [-0.3, -0.25) is 4.79 Å². The van der Waals surface area contributed by atoms with Crippen molar-refractivity contribution in [3.8, 4) is 0 Å². The van der Waals surface area contributed by atoms with Crippen molar-refractivity contribution in [3.05, 3.63) is 87.0 Å². The van der Waals surface area contributed by atoms with Gasteiger partial charge in [0.1, 0.15) is 11.5 Å². The molecule has 0 saturated carbocycles. The van der Waals surface area contributed by atoms with E-state index in [0.717, 1.165) is 17.7 Å². The summed E-state index contributed by atoms with van der Waals surface area (Å²) < 4.78 is 39.5. The SMILES string of the molecule is Cc1ccc(Cl)cc1Nc1nc(C(F)(F)F)ccc1C(=O)NCc1ccccc1Cl. The predicted molar refractivity (Wildman–Crippen MR) is 111 cm³/mol. The Hall–Kier alpha value is -2.77. The highest BCUT2D eigenvalue weighted by atomic mass is 35.5. The molecule has 0 atom stereocenters. The minimum Gasteiger partial charge on any atom is -0.348 e. The van der Waals surface area contributed by atoms with Crippen LogP contribution in [0.4, 0.5) is 24.7 Å². The molecule has 0 aliphatic carbocycles. The van der Waals surface area contributed by atoms with E-state index in [-0.39, 0.29) is 17.9 Å². The molecule has 30 heavy (non-hydrogen) atoms. The van der Waals surface area contributed by atoms with E-state index in [1.54, 1.807) is 49.4 Å². The summed E-state index contributed by atoms with van der Waals surface area (Å²) in [5.74, 6) is -0.829. The molecular formula is C21H16Cl2F3N3O. The second kappa shape index (κ2) is 8.93. The van der Waals surface area contributed by atoms with Gasteiger partial charge in [0, 0.05) is 22.3 Å². The third-order valence-corrected chi connectivity index (χ3v) is 4.88. The Balaban J connectivity index is 1.93. The minimum absolute atomic E-state index is 0.0468. The van der Waals surface area contributed by atoms with E-state index in [2.05, 4.69) is 15.6 Å². The number of rotatable bonds is 5. The summed E-state index contributed by atoms with van der Waals surface area (Å²) in [7, 11) is 0. The van der Waals surface area contributed by atoms with Gasteiger partial charge in [0.15, 0.2) is 0 Å². The van der Waals surface area contributed by atoms with Gasteiger partial charge in [0.25, 0.3) is 5.91 Å². The van der Waals surface area contributed by atoms with Gasteiger partial charge in [-0.1, -0.05) is 47.5 Å². The zero-order valence-electron chi connectivity index (χ0n) is 15.6. The fourth-order valence-corrected chi connectivity index (χ4v) is 3.04. The van der Waals surface area contributed by atoms with Crippen LogP contribution >= 0.6 is 23.2 Å². The molecule has 1 heterocycles. The number of pyridine rings is 1. The lowest BCUT2D eigenvalue weighted by Crippen LogP contribution is -2.25. The largest absolute Gasteiger partial charge is 0.433 e. The molecule has 0 fully saturated rings. The van der Waals surface area contributed by atoms with Gasteiger partial charge in [-0.2, -0.15) is 13.2 Å². The molecule has 0 saturated heterocycles. The first kappa shape index (κ1) is 21.9. The summed E-state index contributed by atoms with van der Waals surface area (Å²) in [5, 5.41) is 6.32. The van der Waals surface area contributed by atoms with Crippen molar-refractivity contribution in [1.29, 1.82) is 0 Å². The second-order valence-electron chi connectivity index (χ2n) is 6.45. The van der Waals surface area contributed by atoms with Gasteiger partial charge in [-0.15, -0.1) is 0 Å². The molecule has 0 aliphatic rings. The number of halogens is 5. The Kier molecular flexibility index (Phi) is 6.53. The number of carbonyl (C=O) groups excluding carboxylic acids is 1. The predicted octanol–water partition coefficient (Wildman–Crippen LogP) is 6.39. The van der Waals surface area contributed by atoms with Crippen molar-refractivity contribution < 1.29 is 18.0 Å². The van der Waals surface area contributed by atoms with Crippen LogP contribution in [0, 0.1) is 6.92 Å². The molecule has 0 radical (unpaired) electrons. The molecule has 0 spiro atoms. The molecular weight excluding hydrogens is 438 g/mol. The van der Waals surface area contributed by atoms with E-state index in [1.165, 1.54) is 0 Å². The van der Waals surface area contributed by atoms with E-state index < -0.39 is 17.8 Å². The number of hydrogen-bond donors (Lipinski definition) is 2. The van der Waals surface area contributed by atoms with Crippen molar-refractivity contribution >= 4 is 40.6 Å². The molecule has 1 aromatic heterocycles. The van der Waals surface area contributed by atoms with Gasteiger partial charge < -0.3 is 10.6 Å². The van der Waals surface area contributed by atoms with E-state index in [0.29, 0.717) is 21.3 Å². The molecule has 0 unspecified atom stereocenters. The maximum atomic E-state index is 13.2. The third kappa shape index (κ3) is 5.23.